The van der Waals surface area contributed by atoms with Gasteiger partial charge < -0.3 is 9.52 Å². The van der Waals surface area contributed by atoms with Gasteiger partial charge in [-0.3, -0.25) is 4.90 Å². The number of likely N-dealkylation sites (tertiary alicyclic amines) is 1. The molecule has 92 valence electrons. The Bertz CT molecular complexity index is 406. The van der Waals surface area contributed by atoms with Gasteiger partial charge in [-0.25, -0.2) is 0 Å². The summed E-state index contributed by atoms with van der Waals surface area (Å²) in [5, 5.41) is 18.3. The Morgan fingerprint density at radius 3 is 3.12 bits per heavy atom. The Hall–Kier alpha value is -1.31. The van der Waals surface area contributed by atoms with Gasteiger partial charge in [0.15, 0.2) is 0 Å². The molecule has 17 heavy (non-hydrogen) atoms. The highest BCUT2D eigenvalue weighted by Crippen LogP contribution is 2.21. The molecule has 2 heterocycles. The smallest absolute Gasteiger partial charge is 0.203 e. The van der Waals surface area contributed by atoms with Crippen LogP contribution in [0.4, 0.5) is 0 Å². The maximum Gasteiger partial charge on any atom is 0.203 e. The Kier molecular flexibility index (Phi) is 3.82. The molecular formula is C13H18N2O2. The maximum absolute atomic E-state index is 9.61. The molecule has 1 aromatic heterocycles. The van der Waals surface area contributed by atoms with Crippen molar-refractivity contribution in [3.63, 3.8) is 0 Å². The van der Waals surface area contributed by atoms with E-state index in [1.54, 1.807) is 6.07 Å². The molecule has 1 fully saturated rings. The molecule has 0 aromatic carbocycles. The predicted molar refractivity (Wildman–Crippen MR) is 63.1 cm³/mol. The minimum Gasteiger partial charge on any atom is -0.449 e. The van der Waals surface area contributed by atoms with E-state index < -0.39 is 0 Å². The van der Waals surface area contributed by atoms with Crippen molar-refractivity contribution in [3.8, 4) is 6.07 Å². The van der Waals surface area contributed by atoms with E-state index >= 15 is 0 Å². The lowest BCUT2D eigenvalue weighted by atomic mass is 9.93. The number of aliphatic hydroxyl groups is 1. The molecule has 0 saturated carbocycles. The first kappa shape index (κ1) is 12.2. The summed E-state index contributed by atoms with van der Waals surface area (Å²) >= 11 is 0. The Labute approximate surface area is 101 Å². The van der Waals surface area contributed by atoms with Gasteiger partial charge in [-0.2, -0.15) is 5.26 Å². The lowest BCUT2D eigenvalue weighted by Gasteiger charge is -2.33. The number of hydrogen-bond donors (Lipinski definition) is 1. The molecule has 1 aliphatic heterocycles. The zero-order valence-corrected chi connectivity index (χ0v) is 10.1. The number of aliphatic hydroxyl groups excluding tert-OH is 1. The molecule has 0 radical (unpaired) electrons. The van der Waals surface area contributed by atoms with Crippen molar-refractivity contribution in [2.24, 2.45) is 5.92 Å². The van der Waals surface area contributed by atoms with Crippen molar-refractivity contribution < 1.29 is 9.52 Å². The number of nitriles is 1. The van der Waals surface area contributed by atoms with Crippen molar-refractivity contribution in [2.75, 3.05) is 13.1 Å². The van der Waals surface area contributed by atoms with Crippen molar-refractivity contribution >= 4 is 0 Å². The molecule has 2 rings (SSSR count). The molecule has 2 unspecified atom stereocenters. The quantitative estimate of drug-likeness (QED) is 0.865. The number of nitrogens with zero attached hydrogens (tertiary/aromatic N) is 2. The molecule has 0 bridgehead atoms. The van der Waals surface area contributed by atoms with Crippen LogP contribution in [0, 0.1) is 17.2 Å². The van der Waals surface area contributed by atoms with E-state index in [0.717, 1.165) is 38.2 Å². The van der Waals surface area contributed by atoms with Gasteiger partial charge in [0, 0.05) is 6.54 Å². The lowest BCUT2D eigenvalue weighted by Crippen LogP contribution is -2.38. The number of furan rings is 1. The molecule has 2 atom stereocenters. The van der Waals surface area contributed by atoms with Crippen LogP contribution < -0.4 is 0 Å². The van der Waals surface area contributed by atoms with Crippen LogP contribution in [0.2, 0.25) is 0 Å². The van der Waals surface area contributed by atoms with E-state index in [1.807, 2.05) is 19.1 Å². The fourth-order valence-electron chi connectivity index (χ4n) is 2.37. The minimum atomic E-state index is -0.246. The molecule has 1 N–H and O–H groups in total. The second-order valence-electron chi connectivity index (χ2n) is 4.76. The van der Waals surface area contributed by atoms with E-state index in [-0.39, 0.29) is 6.10 Å². The van der Waals surface area contributed by atoms with E-state index in [1.165, 1.54) is 0 Å². The van der Waals surface area contributed by atoms with Crippen LogP contribution >= 0.6 is 0 Å². The van der Waals surface area contributed by atoms with Crippen LogP contribution in [-0.2, 0) is 6.54 Å². The SMILES string of the molecule is CC(O)C1CCCN(Cc2ccc(C#N)o2)C1. The molecule has 0 spiro atoms. The van der Waals surface area contributed by atoms with Gasteiger partial charge in [-0.15, -0.1) is 0 Å². The maximum atomic E-state index is 9.61. The largest absolute Gasteiger partial charge is 0.449 e. The third-order valence-corrected chi connectivity index (χ3v) is 3.38. The van der Waals surface area contributed by atoms with E-state index in [2.05, 4.69) is 4.90 Å². The molecule has 1 saturated heterocycles. The molecule has 0 aliphatic carbocycles. The summed E-state index contributed by atoms with van der Waals surface area (Å²) in [4.78, 5) is 2.28. The van der Waals surface area contributed by atoms with Gasteiger partial charge in [0.1, 0.15) is 11.8 Å². The highest BCUT2D eigenvalue weighted by atomic mass is 16.3. The van der Waals surface area contributed by atoms with Gasteiger partial charge in [0.2, 0.25) is 5.76 Å². The summed E-state index contributed by atoms with van der Waals surface area (Å²) < 4.78 is 5.37. The van der Waals surface area contributed by atoms with Crippen LogP contribution in [-0.4, -0.2) is 29.2 Å². The zero-order chi connectivity index (χ0) is 12.3. The Morgan fingerprint density at radius 1 is 1.65 bits per heavy atom. The molecule has 1 aliphatic rings. The van der Waals surface area contributed by atoms with Crippen LogP contribution in [0.3, 0.4) is 0 Å². The highest BCUT2D eigenvalue weighted by Gasteiger charge is 2.23. The van der Waals surface area contributed by atoms with Crippen LogP contribution in [0.1, 0.15) is 31.3 Å². The summed E-state index contributed by atoms with van der Waals surface area (Å²) in [6.07, 6.45) is 1.96. The number of hydrogen-bond acceptors (Lipinski definition) is 4. The Morgan fingerprint density at radius 2 is 2.47 bits per heavy atom. The minimum absolute atomic E-state index is 0.246. The monoisotopic (exact) mass is 234 g/mol. The van der Waals surface area contributed by atoms with Crippen molar-refractivity contribution in [1.82, 2.24) is 4.90 Å². The molecular weight excluding hydrogens is 216 g/mol. The van der Waals surface area contributed by atoms with Crippen LogP contribution in [0.5, 0.6) is 0 Å². The fourth-order valence-corrected chi connectivity index (χ4v) is 2.37. The van der Waals surface area contributed by atoms with E-state index in [0.29, 0.717) is 11.7 Å². The predicted octanol–water partition coefficient (Wildman–Crippen LogP) is 1.74. The summed E-state index contributed by atoms with van der Waals surface area (Å²) in [5.74, 6) is 1.55. The van der Waals surface area contributed by atoms with Gasteiger partial charge >= 0.3 is 0 Å². The summed E-state index contributed by atoms with van der Waals surface area (Å²) in [6.45, 7) is 4.52. The second-order valence-corrected chi connectivity index (χ2v) is 4.76. The third kappa shape index (κ3) is 3.09. The molecule has 4 heteroatoms. The number of rotatable bonds is 3. The second kappa shape index (κ2) is 5.35. The summed E-state index contributed by atoms with van der Waals surface area (Å²) in [7, 11) is 0. The first-order valence-electron chi connectivity index (χ1n) is 6.08. The standard InChI is InChI=1S/C13H18N2O2/c1-10(16)11-3-2-6-15(8-11)9-13-5-4-12(7-14)17-13/h4-5,10-11,16H,2-3,6,8-9H2,1H3. The fraction of sp³-hybridized carbons (Fsp3) is 0.615. The van der Waals surface area contributed by atoms with E-state index in [4.69, 9.17) is 9.68 Å². The summed E-state index contributed by atoms with van der Waals surface area (Å²) in [6, 6.07) is 5.54. The Balaban J connectivity index is 1.92. The average Bonchev–Trinajstić information content (AvgIpc) is 2.77. The molecule has 4 nitrogen and oxygen atoms in total. The van der Waals surface area contributed by atoms with Gasteiger partial charge in [-0.05, 0) is 44.4 Å². The zero-order valence-electron chi connectivity index (χ0n) is 10.1. The molecule has 1 aromatic rings. The van der Waals surface area contributed by atoms with Gasteiger partial charge in [-0.1, -0.05) is 0 Å². The van der Waals surface area contributed by atoms with Gasteiger partial charge in [0.25, 0.3) is 0 Å². The molecule has 0 amide bonds. The normalized spacial score (nSPS) is 23.2. The highest BCUT2D eigenvalue weighted by molar-refractivity contribution is 5.19. The average molecular weight is 234 g/mol. The first-order chi connectivity index (χ1) is 8.19. The number of piperidine rings is 1. The summed E-state index contributed by atoms with van der Waals surface area (Å²) in [5.41, 5.74) is 0. The van der Waals surface area contributed by atoms with Crippen LogP contribution in [0.25, 0.3) is 0 Å². The topological polar surface area (TPSA) is 60.4 Å². The van der Waals surface area contributed by atoms with Crippen molar-refractivity contribution in [1.29, 1.82) is 5.26 Å². The van der Waals surface area contributed by atoms with E-state index in [9.17, 15) is 5.11 Å². The lowest BCUT2D eigenvalue weighted by molar-refractivity contribution is 0.0572. The third-order valence-electron chi connectivity index (χ3n) is 3.38. The van der Waals surface area contributed by atoms with Crippen molar-refractivity contribution in [3.05, 3.63) is 23.7 Å². The van der Waals surface area contributed by atoms with Crippen molar-refractivity contribution in [2.45, 2.75) is 32.4 Å². The van der Waals surface area contributed by atoms with Gasteiger partial charge in [0.05, 0.1) is 12.6 Å². The van der Waals surface area contributed by atoms with Crippen LogP contribution in [0.15, 0.2) is 16.5 Å². The first-order valence-corrected chi connectivity index (χ1v) is 6.08.